The third kappa shape index (κ3) is 4.69. The van der Waals surface area contributed by atoms with Crippen molar-refractivity contribution < 1.29 is 19.0 Å². The summed E-state index contributed by atoms with van der Waals surface area (Å²) in [6, 6.07) is 17.3. The number of carbonyl (C=O) groups excluding carboxylic acids is 1. The maximum absolute atomic E-state index is 11.4. The number of rotatable bonds is 9. The maximum Gasteiger partial charge on any atom is 0.188 e. The number of hydrogen-bond donors (Lipinski definition) is 0. The van der Waals surface area contributed by atoms with Crippen molar-refractivity contribution in [3.05, 3.63) is 65.7 Å². The molecule has 1 unspecified atom stereocenters. The molecule has 0 radical (unpaired) electrons. The molecule has 0 aromatic heterocycles. The van der Waals surface area contributed by atoms with Gasteiger partial charge in [-0.15, -0.1) is 0 Å². The molecule has 1 atom stereocenters. The molecule has 0 aliphatic carbocycles. The van der Waals surface area contributed by atoms with Crippen LogP contribution in [0, 0.1) is 0 Å². The molecule has 0 aliphatic rings. The number of ether oxygens (including phenoxy) is 3. The predicted molar refractivity (Wildman–Crippen MR) is 83.8 cm³/mol. The van der Waals surface area contributed by atoms with Gasteiger partial charge in [-0.25, -0.2) is 0 Å². The van der Waals surface area contributed by atoms with Crippen LogP contribution in [-0.2, 0) is 20.9 Å². The first-order valence-corrected chi connectivity index (χ1v) is 7.12. The zero-order valence-corrected chi connectivity index (χ0v) is 12.6. The van der Waals surface area contributed by atoms with Crippen molar-refractivity contribution in [3.63, 3.8) is 0 Å². The fourth-order valence-electron chi connectivity index (χ4n) is 2.12. The van der Waals surface area contributed by atoms with Gasteiger partial charge in [0, 0.05) is 12.7 Å². The molecule has 0 heterocycles. The van der Waals surface area contributed by atoms with Crippen LogP contribution in [0.3, 0.4) is 0 Å². The number of para-hydroxylation sites is 1. The summed E-state index contributed by atoms with van der Waals surface area (Å²) in [6.07, 6.45) is 0.889. The lowest BCUT2D eigenvalue weighted by molar-refractivity contribution is -0.110. The lowest BCUT2D eigenvalue weighted by atomic mass is 10.0. The van der Waals surface area contributed by atoms with Crippen LogP contribution >= 0.6 is 0 Å². The summed E-state index contributed by atoms with van der Waals surface area (Å²) >= 11 is 0. The van der Waals surface area contributed by atoms with E-state index in [9.17, 15) is 4.79 Å². The molecule has 4 nitrogen and oxygen atoms in total. The monoisotopic (exact) mass is 300 g/mol. The van der Waals surface area contributed by atoms with Crippen LogP contribution in [0.2, 0.25) is 0 Å². The predicted octanol–water partition coefficient (Wildman–Crippen LogP) is 3.17. The molecule has 0 bridgehead atoms. The average molecular weight is 300 g/mol. The van der Waals surface area contributed by atoms with E-state index in [0.717, 1.165) is 17.4 Å². The van der Waals surface area contributed by atoms with E-state index in [0.29, 0.717) is 19.0 Å². The molecule has 2 aromatic rings. The Balaban J connectivity index is 1.97. The minimum Gasteiger partial charge on any atom is -0.467 e. The van der Waals surface area contributed by atoms with Crippen molar-refractivity contribution in [3.8, 4) is 5.75 Å². The molecule has 0 fully saturated rings. The van der Waals surface area contributed by atoms with E-state index in [1.807, 2.05) is 54.6 Å². The van der Waals surface area contributed by atoms with Crippen LogP contribution in [0.1, 0.15) is 17.0 Å². The minimum absolute atomic E-state index is 0.146. The van der Waals surface area contributed by atoms with Gasteiger partial charge < -0.3 is 19.0 Å². The Morgan fingerprint density at radius 1 is 1.05 bits per heavy atom. The molecule has 2 rings (SSSR count). The van der Waals surface area contributed by atoms with E-state index < -0.39 is 0 Å². The largest absolute Gasteiger partial charge is 0.467 e. The van der Waals surface area contributed by atoms with Crippen molar-refractivity contribution in [2.45, 2.75) is 12.5 Å². The summed E-state index contributed by atoms with van der Waals surface area (Å²) in [7, 11) is 1.56. The van der Waals surface area contributed by atoms with Gasteiger partial charge in [-0.2, -0.15) is 0 Å². The molecule has 0 saturated carbocycles. The van der Waals surface area contributed by atoms with Gasteiger partial charge in [0.2, 0.25) is 0 Å². The second-order valence-electron chi connectivity index (χ2n) is 4.83. The standard InChI is InChI=1S/C18H20O4/c1-20-14-22-18-10-6-5-9-17(18)16(11-19)13-21-12-15-7-3-2-4-8-15/h2-11,16H,12-14H2,1H3. The number of methoxy groups -OCH3 is 1. The van der Waals surface area contributed by atoms with Crippen molar-refractivity contribution >= 4 is 6.29 Å². The van der Waals surface area contributed by atoms with E-state index in [2.05, 4.69) is 0 Å². The summed E-state index contributed by atoms with van der Waals surface area (Å²) in [5.41, 5.74) is 1.89. The lowest BCUT2D eigenvalue weighted by Gasteiger charge is -2.16. The highest BCUT2D eigenvalue weighted by Crippen LogP contribution is 2.26. The Morgan fingerprint density at radius 2 is 1.77 bits per heavy atom. The van der Waals surface area contributed by atoms with Crippen molar-refractivity contribution in [1.82, 2.24) is 0 Å². The molecular weight excluding hydrogens is 280 g/mol. The SMILES string of the molecule is COCOc1ccccc1C(C=O)COCc1ccccc1. The summed E-state index contributed by atoms with van der Waals surface area (Å²) in [5.74, 6) is 0.279. The van der Waals surface area contributed by atoms with E-state index in [1.165, 1.54) is 0 Å². The highest BCUT2D eigenvalue weighted by Gasteiger charge is 2.15. The Bertz CT molecular complexity index is 568. The van der Waals surface area contributed by atoms with Crippen LogP contribution in [0.5, 0.6) is 5.75 Å². The molecule has 4 heteroatoms. The van der Waals surface area contributed by atoms with Crippen molar-refractivity contribution in [1.29, 1.82) is 0 Å². The Labute approximate surface area is 130 Å². The fourth-order valence-corrected chi connectivity index (χ4v) is 2.12. The van der Waals surface area contributed by atoms with Gasteiger partial charge in [-0.1, -0.05) is 48.5 Å². The topological polar surface area (TPSA) is 44.8 Å². The van der Waals surface area contributed by atoms with Crippen molar-refractivity contribution in [2.24, 2.45) is 0 Å². The quantitative estimate of drug-likeness (QED) is 0.527. The third-order valence-corrected chi connectivity index (χ3v) is 3.22. The van der Waals surface area contributed by atoms with Gasteiger partial charge in [-0.3, -0.25) is 0 Å². The highest BCUT2D eigenvalue weighted by molar-refractivity contribution is 5.64. The fraction of sp³-hybridized carbons (Fsp3) is 0.278. The van der Waals surface area contributed by atoms with Crippen LogP contribution in [0.15, 0.2) is 54.6 Å². The van der Waals surface area contributed by atoms with Crippen LogP contribution < -0.4 is 4.74 Å². The first-order valence-electron chi connectivity index (χ1n) is 7.12. The maximum atomic E-state index is 11.4. The van der Waals surface area contributed by atoms with Gasteiger partial charge in [-0.05, 0) is 11.6 Å². The first-order chi connectivity index (χ1) is 10.8. The van der Waals surface area contributed by atoms with E-state index in [1.54, 1.807) is 7.11 Å². The molecule has 0 saturated heterocycles. The van der Waals surface area contributed by atoms with Crippen molar-refractivity contribution in [2.75, 3.05) is 20.5 Å². The third-order valence-electron chi connectivity index (χ3n) is 3.22. The first kappa shape index (κ1) is 16.2. The van der Waals surface area contributed by atoms with E-state index in [4.69, 9.17) is 14.2 Å². The number of benzene rings is 2. The van der Waals surface area contributed by atoms with Gasteiger partial charge in [0.1, 0.15) is 12.0 Å². The van der Waals surface area contributed by atoms with Gasteiger partial charge in [0.05, 0.1) is 19.1 Å². The van der Waals surface area contributed by atoms with Crippen LogP contribution in [0.4, 0.5) is 0 Å². The van der Waals surface area contributed by atoms with Gasteiger partial charge >= 0.3 is 0 Å². The smallest absolute Gasteiger partial charge is 0.188 e. The Hall–Kier alpha value is -2.17. The minimum atomic E-state index is -0.364. The number of aldehydes is 1. The van der Waals surface area contributed by atoms with E-state index >= 15 is 0 Å². The Morgan fingerprint density at radius 3 is 2.50 bits per heavy atom. The Kier molecular flexibility index (Phi) is 6.61. The molecule has 116 valence electrons. The summed E-state index contributed by atoms with van der Waals surface area (Å²) in [6.45, 7) is 0.936. The summed E-state index contributed by atoms with van der Waals surface area (Å²) < 4.78 is 16.1. The van der Waals surface area contributed by atoms with E-state index in [-0.39, 0.29) is 12.7 Å². The highest BCUT2D eigenvalue weighted by atomic mass is 16.7. The molecular formula is C18H20O4. The normalized spacial score (nSPS) is 11.9. The molecule has 22 heavy (non-hydrogen) atoms. The zero-order chi connectivity index (χ0) is 15.6. The average Bonchev–Trinajstić information content (AvgIpc) is 2.58. The molecule has 0 amide bonds. The second-order valence-corrected chi connectivity index (χ2v) is 4.83. The zero-order valence-electron chi connectivity index (χ0n) is 12.6. The summed E-state index contributed by atoms with van der Waals surface area (Å²) in [5, 5.41) is 0. The molecule has 0 N–H and O–H groups in total. The van der Waals surface area contributed by atoms with Crippen LogP contribution in [-0.4, -0.2) is 26.8 Å². The van der Waals surface area contributed by atoms with Gasteiger partial charge in [0.25, 0.3) is 0 Å². The number of carbonyl (C=O) groups is 1. The molecule has 2 aromatic carbocycles. The molecule has 0 spiro atoms. The van der Waals surface area contributed by atoms with Gasteiger partial charge in [0.15, 0.2) is 6.79 Å². The van der Waals surface area contributed by atoms with Crippen LogP contribution in [0.25, 0.3) is 0 Å². The second kappa shape index (κ2) is 8.97. The summed E-state index contributed by atoms with van der Waals surface area (Å²) in [4.78, 5) is 11.4. The lowest BCUT2D eigenvalue weighted by Crippen LogP contribution is -2.12. The number of hydrogen-bond acceptors (Lipinski definition) is 4. The molecule has 0 aliphatic heterocycles.